The van der Waals surface area contributed by atoms with E-state index in [0.29, 0.717) is 30.1 Å². The van der Waals surface area contributed by atoms with Crippen LogP contribution in [0, 0.1) is 0 Å². The molecule has 0 radical (unpaired) electrons. The second-order valence-electron chi connectivity index (χ2n) is 4.93. The average Bonchev–Trinajstić information content (AvgIpc) is 2.49. The lowest BCUT2D eigenvalue weighted by molar-refractivity contribution is 0.386. The van der Waals surface area contributed by atoms with Gasteiger partial charge in [-0.1, -0.05) is 29.8 Å². The SMILES string of the molecule is O=S(=O)(Cc1ccccc1Cl)N1CCc2ncncc2C1. The molecule has 1 aromatic heterocycles. The van der Waals surface area contributed by atoms with Crippen LogP contribution in [0.5, 0.6) is 0 Å². The normalized spacial score (nSPS) is 15.7. The molecule has 5 nitrogen and oxygen atoms in total. The Morgan fingerprint density at radius 2 is 2.10 bits per heavy atom. The minimum absolute atomic E-state index is 0.0876. The summed E-state index contributed by atoms with van der Waals surface area (Å²) in [5.74, 6) is -0.0876. The maximum Gasteiger partial charge on any atom is 0.218 e. The third-order valence-corrected chi connectivity index (χ3v) is 5.66. The van der Waals surface area contributed by atoms with Crippen molar-refractivity contribution in [2.75, 3.05) is 6.54 Å². The summed E-state index contributed by atoms with van der Waals surface area (Å²) in [6, 6.07) is 7.01. The predicted molar refractivity (Wildman–Crippen MR) is 80.2 cm³/mol. The maximum absolute atomic E-state index is 12.5. The summed E-state index contributed by atoms with van der Waals surface area (Å²) >= 11 is 6.05. The Bertz CT molecular complexity index is 764. The maximum atomic E-state index is 12.5. The van der Waals surface area contributed by atoms with Gasteiger partial charge in [0, 0.05) is 42.0 Å². The Kier molecular flexibility index (Phi) is 3.93. The standard InChI is InChI=1S/C14H14ClN3O2S/c15-13-4-2-1-3-11(13)9-21(19,20)18-6-5-14-12(8-18)7-16-10-17-14/h1-4,7,10H,5-6,8-9H2. The van der Waals surface area contributed by atoms with Crippen LogP contribution < -0.4 is 0 Å². The van der Waals surface area contributed by atoms with Crippen LogP contribution in [0.15, 0.2) is 36.8 Å². The van der Waals surface area contributed by atoms with E-state index in [4.69, 9.17) is 11.6 Å². The Hall–Kier alpha value is -1.50. The van der Waals surface area contributed by atoms with Crippen molar-refractivity contribution in [3.63, 3.8) is 0 Å². The molecule has 2 heterocycles. The quantitative estimate of drug-likeness (QED) is 0.867. The highest BCUT2D eigenvalue weighted by atomic mass is 35.5. The van der Waals surface area contributed by atoms with Crippen LogP contribution in [0.1, 0.15) is 16.8 Å². The first-order valence-corrected chi connectivity index (χ1v) is 8.54. The lowest BCUT2D eigenvalue weighted by atomic mass is 10.1. The van der Waals surface area contributed by atoms with Crippen LogP contribution in [0.2, 0.25) is 5.02 Å². The molecule has 21 heavy (non-hydrogen) atoms. The molecule has 110 valence electrons. The van der Waals surface area contributed by atoms with E-state index in [1.54, 1.807) is 30.5 Å². The van der Waals surface area contributed by atoms with Crippen molar-refractivity contribution in [2.45, 2.75) is 18.7 Å². The highest BCUT2D eigenvalue weighted by Gasteiger charge is 2.28. The molecule has 0 N–H and O–H groups in total. The van der Waals surface area contributed by atoms with Crippen LogP contribution in [0.25, 0.3) is 0 Å². The molecule has 0 atom stereocenters. The molecule has 0 amide bonds. The van der Waals surface area contributed by atoms with Crippen LogP contribution in [0.4, 0.5) is 0 Å². The first kappa shape index (κ1) is 14.4. The Morgan fingerprint density at radius 3 is 2.90 bits per heavy atom. The fraction of sp³-hybridized carbons (Fsp3) is 0.286. The van der Waals surface area contributed by atoms with Crippen molar-refractivity contribution in [3.05, 3.63) is 58.6 Å². The van der Waals surface area contributed by atoms with E-state index in [9.17, 15) is 8.42 Å². The zero-order chi connectivity index (χ0) is 14.9. The van der Waals surface area contributed by atoms with E-state index in [2.05, 4.69) is 9.97 Å². The highest BCUT2D eigenvalue weighted by molar-refractivity contribution is 7.88. The average molecular weight is 324 g/mol. The molecule has 7 heteroatoms. The van der Waals surface area contributed by atoms with Crippen molar-refractivity contribution >= 4 is 21.6 Å². The number of aromatic nitrogens is 2. The number of fused-ring (bicyclic) bond motifs is 1. The third kappa shape index (κ3) is 3.07. The summed E-state index contributed by atoms with van der Waals surface area (Å²) in [7, 11) is -3.41. The van der Waals surface area contributed by atoms with Gasteiger partial charge in [0.1, 0.15) is 6.33 Å². The van der Waals surface area contributed by atoms with E-state index in [-0.39, 0.29) is 5.75 Å². The number of hydrogen-bond donors (Lipinski definition) is 0. The summed E-state index contributed by atoms with van der Waals surface area (Å²) in [5, 5.41) is 0.474. The number of nitrogens with zero attached hydrogens (tertiary/aromatic N) is 3. The first-order chi connectivity index (χ1) is 10.1. The molecule has 1 aliphatic heterocycles. The topological polar surface area (TPSA) is 63.2 Å². The number of sulfonamides is 1. The van der Waals surface area contributed by atoms with Gasteiger partial charge in [-0.15, -0.1) is 0 Å². The highest BCUT2D eigenvalue weighted by Crippen LogP contribution is 2.23. The Labute approximate surface area is 128 Å². The van der Waals surface area contributed by atoms with Crippen molar-refractivity contribution in [3.8, 4) is 0 Å². The van der Waals surface area contributed by atoms with Crippen LogP contribution in [0.3, 0.4) is 0 Å². The lowest BCUT2D eigenvalue weighted by Gasteiger charge is -2.27. The number of rotatable bonds is 3. The minimum Gasteiger partial charge on any atom is -0.244 e. The summed E-state index contributed by atoms with van der Waals surface area (Å²) in [5.41, 5.74) is 2.41. The number of hydrogen-bond acceptors (Lipinski definition) is 4. The van der Waals surface area contributed by atoms with Gasteiger partial charge < -0.3 is 0 Å². The summed E-state index contributed by atoms with van der Waals surface area (Å²) in [6.45, 7) is 0.764. The lowest BCUT2D eigenvalue weighted by Crippen LogP contribution is -2.37. The molecule has 0 saturated carbocycles. The van der Waals surface area contributed by atoms with Crippen molar-refractivity contribution in [2.24, 2.45) is 0 Å². The molecule has 0 saturated heterocycles. The van der Waals surface area contributed by atoms with E-state index in [1.807, 2.05) is 0 Å². The van der Waals surface area contributed by atoms with Gasteiger partial charge >= 0.3 is 0 Å². The van der Waals surface area contributed by atoms with Gasteiger partial charge in [0.2, 0.25) is 10.0 Å². The summed E-state index contributed by atoms with van der Waals surface area (Å²) < 4.78 is 26.6. The molecule has 1 aliphatic rings. The smallest absolute Gasteiger partial charge is 0.218 e. The van der Waals surface area contributed by atoms with E-state index < -0.39 is 10.0 Å². The van der Waals surface area contributed by atoms with Gasteiger partial charge in [0.25, 0.3) is 0 Å². The van der Waals surface area contributed by atoms with Gasteiger partial charge in [0.15, 0.2) is 0 Å². The predicted octanol–water partition coefficient (Wildman–Crippen LogP) is 2.02. The van der Waals surface area contributed by atoms with Gasteiger partial charge in [-0.25, -0.2) is 18.4 Å². The fourth-order valence-corrected chi connectivity index (χ4v) is 4.20. The molecule has 2 aromatic rings. The van der Waals surface area contributed by atoms with Crippen LogP contribution >= 0.6 is 11.6 Å². The zero-order valence-corrected chi connectivity index (χ0v) is 12.8. The largest absolute Gasteiger partial charge is 0.244 e. The van der Waals surface area contributed by atoms with E-state index in [0.717, 1.165) is 11.3 Å². The zero-order valence-electron chi connectivity index (χ0n) is 11.2. The fourth-order valence-electron chi connectivity index (χ4n) is 2.38. The summed E-state index contributed by atoms with van der Waals surface area (Å²) in [4.78, 5) is 8.14. The molecule has 0 aliphatic carbocycles. The second kappa shape index (κ2) is 5.71. The van der Waals surface area contributed by atoms with Crippen molar-refractivity contribution < 1.29 is 8.42 Å². The van der Waals surface area contributed by atoms with Crippen LogP contribution in [-0.4, -0.2) is 29.2 Å². The van der Waals surface area contributed by atoms with Gasteiger partial charge in [0.05, 0.1) is 5.75 Å². The molecule has 0 bridgehead atoms. The Balaban J connectivity index is 1.82. The van der Waals surface area contributed by atoms with E-state index >= 15 is 0 Å². The number of benzene rings is 1. The van der Waals surface area contributed by atoms with Gasteiger partial charge in [-0.05, 0) is 11.6 Å². The molecule has 1 aromatic carbocycles. The molecular formula is C14H14ClN3O2S. The van der Waals surface area contributed by atoms with Gasteiger partial charge in [-0.2, -0.15) is 4.31 Å². The minimum atomic E-state index is -3.41. The van der Waals surface area contributed by atoms with Gasteiger partial charge in [-0.3, -0.25) is 0 Å². The first-order valence-electron chi connectivity index (χ1n) is 6.55. The molecule has 0 fully saturated rings. The second-order valence-corrected chi connectivity index (χ2v) is 7.30. The Morgan fingerprint density at radius 1 is 1.29 bits per heavy atom. The summed E-state index contributed by atoms with van der Waals surface area (Å²) in [6.07, 6.45) is 3.78. The molecule has 0 spiro atoms. The third-order valence-electron chi connectivity index (χ3n) is 3.52. The van der Waals surface area contributed by atoms with Crippen molar-refractivity contribution in [1.82, 2.24) is 14.3 Å². The molecular weight excluding hydrogens is 310 g/mol. The number of halogens is 1. The molecule has 0 unspecified atom stereocenters. The monoisotopic (exact) mass is 323 g/mol. The van der Waals surface area contributed by atoms with Crippen LogP contribution in [-0.2, 0) is 28.7 Å². The molecule has 3 rings (SSSR count). The van der Waals surface area contributed by atoms with Crippen molar-refractivity contribution in [1.29, 1.82) is 0 Å². The van der Waals surface area contributed by atoms with E-state index in [1.165, 1.54) is 10.6 Å².